The van der Waals surface area contributed by atoms with E-state index in [0.717, 1.165) is 49.3 Å². The molecule has 0 aliphatic carbocycles. The van der Waals surface area contributed by atoms with E-state index in [0.29, 0.717) is 11.8 Å². The molecule has 2 aromatic carbocycles. The first kappa shape index (κ1) is 16.7. The number of benzene rings is 2. The molecule has 1 saturated heterocycles. The summed E-state index contributed by atoms with van der Waals surface area (Å²) in [5.74, 6) is -1.80. The van der Waals surface area contributed by atoms with Crippen molar-refractivity contribution in [1.82, 2.24) is 0 Å². The smallest absolute Gasteiger partial charge is 0.264 e. The van der Waals surface area contributed by atoms with Gasteiger partial charge in [0.05, 0.1) is 0 Å². The Bertz CT molecular complexity index is 863. The molecule has 0 amide bonds. The van der Waals surface area contributed by atoms with Crippen molar-refractivity contribution in [3.8, 4) is 0 Å². The van der Waals surface area contributed by atoms with Gasteiger partial charge in [0.25, 0.3) is 10.0 Å². The lowest BCUT2D eigenvalue weighted by molar-refractivity contribution is 0.555. The summed E-state index contributed by atoms with van der Waals surface area (Å²) in [4.78, 5) is 1.55. The summed E-state index contributed by atoms with van der Waals surface area (Å²) >= 11 is 0. The molecule has 1 heterocycles. The molecule has 0 atom stereocenters. The summed E-state index contributed by atoms with van der Waals surface area (Å²) in [5.41, 5.74) is 2.31. The van der Waals surface area contributed by atoms with E-state index in [1.54, 1.807) is 12.1 Å². The topological polar surface area (TPSA) is 49.4 Å². The molecule has 3 rings (SSSR count). The first-order chi connectivity index (χ1) is 11.4. The highest BCUT2D eigenvalue weighted by molar-refractivity contribution is 7.92. The molecule has 2 aromatic rings. The number of aryl methyl sites for hydroxylation is 1. The summed E-state index contributed by atoms with van der Waals surface area (Å²) in [6.45, 7) is 3.87. The van der Waals surface area contributed by atoms with Crippen molar-refractivity contribution < 1.29 is 17.2 Å². The second kappa shape index (κ2) is 6.39. The fourth-order valence-corrected chi connectivity index (χ4v) is 4.06. The van der Waals surface area contributed by atoms with Crippen LogP contribution >= 0.6 is 0 Å². The minimum Gasteiger partial charge on any atom is -0.371 e. The standard InChI is InChI=1S/C17H18F2N2O2S/c1-12-10-14(5-7-16(12)21-8-2-3-9-21)20-24(22,23)17-11-13(18)4-6-15(17)19/h4-7,10-11,20H,2-3,8-9H2,1H3. The maximum absolute atomic E-state index is 13.7. The summed E-state index contributed by atoms with van der Waals surface area (Å²) in [7, 11) is -4.19. The molecule has 0 spiro atoms. The van der Waals surface area contributed by atoms with Crippen LogP contribution in [0.1, 0.15) is 18.4 Å². The molecule has 0 saturated carbocycles. The lowest BCUT2D eigenvalue weighted by Gasteiger charge is -2.21. The van der Waals surface area contributed by atoms with Gasteiger partial charge in [0, 0.05) is 24.5 Å². The van der Waals surface area contributed by atoms with Crippen LogP contribution in [0.5, 0.6) is 0 Å². The Hall–Kier alpha value is -2.15. The van der Waals surface area contributed by atoms with E-state index in [4.69, 9.17) is 0 Å². The van der Waals surface area contributed by atoms with Crippen LogP contribution in [-0.4, -0.2) is 21.5 Å². The lowest BCUT2D eigenvalue weighted by atomic mass is 10.1. The maximum Gasteiger partial charge on any atom is 0.264 e. The second-order valence-electron chi connectivity index (χ2n) is 5.88. The van der Waals surface area contributed by atoms with Crippen LogP contribution in [0.4, 0.5) is 20.2 Å². The van der Waals surface area contributed by atoms with Gasteiger partial charge in [-0.1, -0.05) is 0 Å². The number of nitrogens with one attached hydrogen (secondary N) is 1. The van der Waals surface area contributed by atoms with Crippen molar-refractivity contribution in [2.75, 3.05) is 22.7 Å². The first-order valence-corrected chi connectivity index (χ1v) is 9.18. The molecule has 1 aliphatic rings. The van der Waals surface area contributed by atoms with E-state index in [1.165, 1.54) is 0 Å². The van der Waals surface area contributed by atoms with Crippen molar-refractivity contribution >= 4 is 21.4 Å². The normalized spacial score (nSPS) is 14.9. The van der Waals surface area contributed by atoms with Gasteiger partial charge in [-0.2, -0.15) is 0 Å². The SMILES string of the molecule is Cc1cc(NS(=O)(=O)c2cc(F)ccc2F)ccc1N1CCCC1. The molecule has 7 heteroatoms. The zero-order valence-electron chi connectivity index (χ0n) is 13.2. The van der Waals surface area contributed by atoms with Gasteiger partial charge in [0.2, 0.25) is 0 Å². The Kier molecular flexibility index (Phi) is 4.45. The molecule has 1 fully saturated rings. The Morgan fingerprint density at radius 1 is 1.04 bits per heavy atom. The zero-order chi connectivity index (χ0) is 17.3. The van der Waals surface area contributed by atoms with E-state index in [1.807, 2.05) is 13.0 Å². The molecule has 4 nitrogen and oxygen atoms in total. The van der Waals surface area contributed by atoms with Gasteiger partial charge in [-0.15, -0.1) is 0 Å². The Balaban J connectivity index is 1.87. The Morgan fingerprint density at radius 2 is 1.75 bits per heavy atom. The third-order valence-electron chi connectivity index (χ3n) is 4.08. The number of halogens is 2. The summed E-state index contributed by atoms with van der Waals surface area (Å²) in [6, 6.07) is 7.52. The number of nitrogens with zero attached hydrogens (tertiary/aromatic N) is 1. The van der Waals surface area contributed by atoms with Crippen molar-refractivity contribution in [2.24, 2.45) is 0 Å². The van der Waals surface area contributed by atoms with Gasteiger partial charge in [0.1, 0.15) is 16.5 Å². The molecule has 24 heavy (non-hydrogen) atoms. The zero-order valence-corrected chi connectivity index (χ0v) is 14.0. The highest BCUT2D eigenvalue weighted by Crippen LogP contribution is 2.28. The maximum atomic E-state index is 13.7. The van der Waals surface area contributed by atoms with Crippen LogP contribution in [0.25, 0.3) is 0 Å². The van der Waals surface area contributed by atoms with Crippen LogP contribution in [0.15, 0.2) is 41.3 Å². The molecule has 1 aliphatic heterocycles. The fraction of sp³-hybridized carbons (Fsp3) is 0.294. The van der Waals surface area contributed by atoms with Crippen molar-refractivity contribution in [3.05, 3.63) is 53.6 Å². The molecule has 1 N–H and O–H groups in total. The van der Waals surface area contributed by atoms with E-state index in [2.05, 4.69) is 9.62 Å². The van der Waals surface area contributed by atoms with Crippen molar-refractivity contribution in [1.29, 1.82) is 0 Å². The van der Waals surface area contributed by atoms with Gasteiger partial charge in [0.15, 0.2) is 0 Å². The molecule has 128 valence electrons. The summed E-state index contributed by atoms with van der Waals surface area (Å²) in [6.07, 6.45) is 2.29. The summed E-state index contributed by atoms with van der Waals surface area (Å²) < 4.78 is 53.9. The quantitative estimate of drug-likeness (QED) is 0.913. The van der Waals surface area contributed by atoms with E-state index in [9.17, 15) is 17.2 Å². The van der Waals surface area contributed by atoms with Gasteiger partial charge in [-0.05, 0) is 61.7 Å². The molecular formula is C17H18F2N2O2S. The van der Waals surface area contributed by atoms with Gasteiger partial charge < -0.3 is 4.90 Å². The highest BCUT2D eigenvalue weighted by Gasteiger charge is 2.21. The van der Waals surface area contributed by atoms with Gasteiger partial charge in [-0.3, -0.25) is 4.72 Å². The number of sulfonamides is 1. The van der Waals surface area contributed by atoms with Crippen LogP contribution in [0.2, 0.25) is 0 Å². The average Bonchev–Trinajstić information content (AvgIpc) is 3.03. The fourth-order valence-electron chi connectivity index (χ4n) is 2.93. The minimum atomic E-state index is -4.19. The van der Waals surface area contributed by atoms with Crippen molar-refractivity contribution in [3.63, 3.8) is 0 Å². The van der Waals surface area contributed by atoms with Crippen molar-refractivity contribution in [2.45, 2.75) is 24.7 Å². The number of hydrogen-bond donors (Lipinski definition) is 1. The molecule has 0 radical (unpaired) electrons. The van der Waals surface area contributed by atoms with Crippen LogP contribution in [-0.2, 0) is 10.0 Å². The second-order valence-corrected chi connectivity index (χ2v) is 7.53. The number of hydrogen-bond acceptors (Lipinski definition) is 3. The van der Waals surface area contributed by atoms with Crippen LogP contribution < -0.4 is 9.62 Å². The largest absolute Gasteiger partial charge is 0.371 e. The highest BCUT2D eigenvalue weighted by atomic mass is 32.2. The van der Waals surface area contributed by atoms with Gasteiger partial charge in [-0.25, -0.2) is 17.2 Å². The Labute approximate surface area is 140 Å². The van der Waals surface area contributed by atoms with E-state index >= 15 is 0 Å². The molecular weight excluding hydrogens is 334 g/mol. The van der Waals surface area contributed by atoms with Gasteiger partial charge >= 0.3 is 0 Å². The predicted molar refractivity (Wildman–Crippen MR) is 89.8 cm³/mol. The number of rotatable bonds is 4. The molecule has 0 aromatic heterocycles. The first-order valence-electron chi connectivity index (χ1n) is 7.70. The monoisotopic (exact) mass is 352 g/mol. The molecule has 0 unspecified atom stereocenters. The average molecular weight is 352 g/mol. The predicted octanol–water partition coefficient (Wildman–Crippen LogP) is 3.67. The number of anilines is 2. The Morgan fingerprint density at radius 3 is 2.42 bits per heavy atom. The van der Waals surface area contributed by atoms with Crippen LogP contribution in [0, 0.1) is 18.6 Å². The lowest BCUT2D eigenvalue weighted by Crippen LogP contribution is -2.19. The van der Waals surface area contributed by atoms with Crippen LogP contribution in [0.3, 0.4) is 0 Å². The van der Waals surface area contributed by atoms with E-state index < -0.39 is 26.6 Å². The molecule has 0 bridgehead atoms. The third-order valence-corrected chi connectivity index (χ3v) is 5.47. The summed E-state index contributed by atoms with van der Waals surface area (Å²) in [5, 5.41) is 0. The van der Waals surface area contributed by atoms with E-state index in [-0.39, 0.29) is 0 Å². The minimum absolute atomic E-state index is 0.319. The third kappa shape index (κ3) is 3.36.